The van der Waals surface area contributed by atoms with Gasteiger partial charge in [0.1, 0.15) is 0 Å². The van der Waals surface area contributed by atoms with Gasteiger partial charge in [0.05, 0.1) is 0 Å². The maximum atomic E-state index is 2.74. The summed E-state index contributed by atoms with van der Waals surface area (Å²) in [5, 5.41) is 0. The largest absolute Gasteiger partial charge is 0.296 e. The highest BCUT2D eigenvalue weighted by Gasteiger charge is 2.39. The van der Waals surface area contributed by atoms with Crippen molar-refractivity contribution in [3.05, 3.63) is 35.9 Å². The standard InChI is InChI=1S/C16H23N/c1-13-11-17(12-14-7-3-2-4-8-14)16-10-6-5-9-15(13)16/h2-4,7-8,13,15-16H,5-6,9-12H2,1H3/t13-,15+,16+/m1/s1. The summed E-state index contributed by atoms with van der Waals surface area (Å²) in [5.74, 6) is 1.89. The Morgan fingerprint density at radius 1 is 1.12 bits per heavy atom. The molecule has 1 nitrogen and oxygen atoms in total. The second-order valence-electron chi connectivity index (χ2n) is 5.91. The number of rotatable bonds is 2. The van der Waals surface area contributed by atoms with E-state index in [0.29, 0.717) is 0 Å². The summed E-state index contributed by atoms with van der Waals surface area (Å²) in [6.45, 7) is 4.92. The van der Waals surface area contributed by atoms with E-state index >= 15 is 0 Å². The Balaban J connectivity index is 1.71. The first-order valence-electron chi connectivity index (χ1n) is 7.12. The van der Waals surface area contributed by atoms with E-state index < -0.39 is 0 Å². The van der Waals surface area contributed by atoms with E-state index in [1.807, 2.05) is 0 Å². The molecule has 1 heteroatoms. The quantitative estimate of drug-likeness (QED) is 0.747. The van der Waals surface area contributed by atoms with Crippen molar-refractivity contribution in [3.63, 3.8) is 0 Å². The van der Waals surface area contributed by atoms with Gasteiger partial charge in [0.25, 0.3) is 0 Å². The maximum Gasteiger partial charge on any atom is 0.0236 e. The third kappa shape index (κ3) is 2.26. The summed E-state index contributed by atoms with van der Waals surface area (Å²) in [6, 6.07) is 11.8. The van der Waals surface area contributed by atoms with Crippen LogP contribution in [0.25, 0.3) is 0 Å². The van der Waals surface area contributed by atoms with Crippen LogP contribution in [0.2, 0.25) is 0 Å². The molecule has 1 saturated heterocycles. The van der Waals surface area contributed by atoms with Gasteiger partial charge in [-0.2, -0.15) is 0 Å². The Morgan fingerprint density at radius 3 is 2.71 bits per heavy atom. The van der Waals surface area contributed by atoms with Gasteiger partial charge in [0.2, 0.25) is 0 Å². The van der Waals surface area contributed by atoms with Crippen molar-refractivity contribution in [2.24, 2.45) is 11.8 Å². The molecule has 17 heavy (non-hydrogen) atoms. The molecule has 0 aromatic heterocycles. The van der Waals surface area contributed by atoms with Crippen LogP contribution in [0.5, 0.6) is 0 Å². The van der Waals surface area contributed by atoms with Gasteiger partial charge >= 0.3 is 0 Å². The lowest BCUT2D eigenvalue weighted by Gasteiger charge is -2.32. The topological polar surface area (TPSA) is 3.24 Å². The van der Waals surface area contributed by atoms with E-state index in [1.54, 1.807) is 0 Å². The Morgan fingerprint density at radius 2 is 1.88 bits per heavy atom. The normalized spacial score (nSPS) is 33.6. The summed E-state index contributed by atoms with van der Waals surface area (Å²) in [7, 11) is 0. The van der Waals surface area contributed by atoms with Crippen molar-refractivity contribution < 1.29 is 0 Å². The van der Waals surface area contributed by atoms with Crippen molar-refractivity contribution in [2.45, 2.75) is 45.2 Å². The van der Waals surface area contributed by atoms with Crippen LogP contribution in [-0.2, 0) is 6.54 Å². The number of nitrogens with zero attached hydrogens (tertiary/aromatic N) is 1. The number of benzene rings is 1. The molecule has 0 bridgehead atoms. The molecule has 1 heterocycles. The van der Waals surface area contributed by atoms with Gasteiger partial charge in [-0.25, -0.2) is 0 Å². The first-order chi connectivity index (χ1) is 8.34. The highest BCUT2D eigenvalue weighted by Crippen LogP contribution is 2.40. The molecule has 3 atom stereocenters. The van der Waals surface area contributed by atoms with E-state index in [1.165, 1.54) is 37.8 Å². The zero-order chi connectivity index (χ0) is 11.7. The molecule has 1 aliphatic heterocycles. The molecular formula is C16H23N. The Labute approximate surface area is 105 Å². The van der Waals surface area contributed by atoms with E-state index in [2.05, 4.69) is 42.2 Å². The fourth-order valence-corrected chi connectivity index (χ4v) is 3.90. The van der Waals surface area contributed by atoms with Crippen molar-refractivity contribution in [1.82, 2.24) is 4.90 Å². The zero-order valence-corrected chi connectivity index (χ0v) is 10.8. The summed E-state index contributed by atoms with van der Waals surface area (Å²) in [6.07, 6.45) is 5.81. The fourth-order valence-electron chi connectivity index (χ4n) is 3.90. The minimum Gasteiger partial charge on any atom is -0.296 e. The van der Waals surface area contributed by atoms with Crippen LogP contribution in [0.4, 0.5) is 0 Å². The Kier molecular flexibility index (Phi) is 3.19. The first-order valence-corrected chi connectivity index (χ1v) is 7.12. The van der Waals surface area contributed by atoms with E-state index in [9.17, 15) is 0 Å². The van der Waals surface area contributed by atoms with Gasteiger partial charge in [0.15, 0.2) is 0 Å². The smallest absolute Gasteiger partial charge is 0.0236 e. The van der Waals surface area contributed by atoms with E-state index in [4.69, 9.17) is 0 Å². The van der Waals surface area contributed by atoms with Crippen LogP contribution in [0.15, 0.2) is 30.3 Å². The molecule has 0 unspecified atom stereocenters. The van der Waals surface area contributed by atoms with Gasteiger partial charge in [-0.15, -0.1) is 0 Å². The van der Waals surface area contributed by atoms with Crippen LogP contribution >= 0.6 is 0 Å². The zero-order valence-electron chi connectivity index (χ0n) is 10.8. The molecule has 0 radical (unpaired) electrons. The van der Waals surface area contributed by atoms with Gasteiger partial charge in [-0.1, -0.05) is 50.1 Å². The minimum absolute atomic E-state index is 0.874. The monoisotopic (exact) mass is 229 g/mol. The van der Waals surface area contributed by atoms with Gasteiger partial charge in [-0.3, -0.25) is 4.90 Å². The molecule has 0 amide bonds. The van der Waals surface area contributed by atoms with E-state index in [0.717, 1.165) is 24.4 Å². The predicted octanol–water partition coefficient (Wildman–Crippen LogP) is 3.70. The fraction of sp³-hybridized carbons (Fsp3) is 0.625. The highest BCUT2D eigenvalue weighted by molar-refractivity contribution is 5.15. The second-order valence-corrected chi connectivity index (χ2v) is 5.91. The highest BCUT2D eigenvalue weighted by atomic mass is 15.2. The molecule has 3 rings (SSSR count). The summed E-state index contributed by atoms with van der Waals surface area (Å²) >= 11 is 0. The van der Waals surface area contributed by atoms with E-state index in [-0.39, 0.29) is 0 Å². The van der Waals surface area contributed by atoms with Crippen molar-refractivity contribution in [1.29, 1.82) is 0 Å². The summed E-state index contributed by atoms with van der Waals surface area (Å²) in [4.78, 5) is 2.74. The third-order valence-corrected chi connectivity index (χ3v) is 4.73. The molecule has 1 saturated carbocycles. The molecular weight excluding hydrogens is 206 g/mol. The van der Waals surface area contributed by atoms with Crippen LogP contribution < -0.4 is 0 Å². The lowest BCUT2D eigenvalue weighted by Crippen LogP contribution is -2.34. The lowest BCUT2D eigenvalue weighted by molar-refractivity contribution is 0.173. The van der Waals surface area contributed by atoms with Crippen molar-refractivity contribution >= 4 is 0 Å². The number of fused-ring (bicyclic) bond motifs is 1. The SMILES string of the molecule is C[C@@H]1CN(Cc2ccccc2)[C@H]2CCCC[C@@H]12. The molecule has 1 aliphatic carbocycles. The molecule has 2 fully saturated rings. The average molecular weight is 229 g/mol. The molecule has 0 N–H and O–H groups in total. The second kappa shape index (κ2) is 4.81. The third-order valence-electron chi connectivity index (χ3n) is 4.73. The molecule has 0 spiro atoms. The van der Waals surface area contributed by atoms with Crippen LogP contribution in [0, 0.1) is 11.8 Å². The summed E-state index contributed by atoms with van der Waals surface area (Å²) < 4.78 is 0. The molecule has 1 aromatic carbocycles. The number of likely N-dealkylation sites (tertiary alicyclic amines) is 1. The minimum atomic E-state index is 0.874. The average Bonchev–Trinajstić information content (AvgIpc) is 2.69. The predicted molar refractivity (Wildman–Crippen MR) is 71.8 cm³/mol. The van der Waals surface area contributed by atoms with Crippen LogP contribution in [0.1, 0.15) is 38.2 Å². The number of hydrogen-bond acceptors (Lipinski definition) is 1. The lowest BCUT2D eigenvalue weighted by atomic mass is 9.80. The van der Waals surface area contributed by atoms with Gasteiger partial charge < -0.3 is 0 Å². The molecule has 2 aliphatic rings. The van der Waals surface area contributed by atoms with Crippen LogP contribution in [0.3, 0.4) is 0 Å². The summed E-state index contributed by atoms with van der Waals surface area (Å²) in [5.41, 5.74) is 1.48. The van der Waals surface area contributed by atoms with Gasteiger partial charge in [0, 0.05) is 19.1 Å². The molecule has 92 valence electrons. The first kappa shape index (κ1) is 11.3. The van der Waals surface area contributed by atoms with Crippen LogP contribution in [-0.4, -0.2) is 17.5 Å². The van der Waals surface area contributed by atoms with Gasteiger partial charge in [-0.05, 0) is 30.2 Å². The van der Waals surface area contributed by atoms with Crippen molar-refractivity contribution in [3.8, 4) is 0 Å². The molecule has 1 aromatic rings. The Bertz CT molecular complexity index is 359. The van der Waals surface area contributed by atoms with Crippen molar-refractivity contribution in [2.75, 3.05) is 6.54 Å². The number of hydrogen-bond donors (Lipinski definition) is 0. The Hall–Kier alpha value is -0.820. The maximum absolute atomic E-state index is 2.74.